The van der Waals surface area contributed by atoms with Crippen molar-refractivity contribution < 1.29 is 19.4 Å². The Bertz CT molecular complexity index is 493. The molecule has 1 aromatic carbocycles. The molecule has 5 nitrogen and oxygen atoms in total. The van der Waals surface area contributed by atoms with Gasteiger partial charge in [0.25, 0.3) is 5.91 Å². The molecule has 1 atom stereocenters. The molecule has 1 aliphatic rings. The van der Waals surface area contributed by atoms with Crippen molar-refractivity contribution in [2.45, 2.75) is 31.9 Å². The van der Waals surface area contributed by atoms with Crippen LogP contribution in [0.1, 0.15) is 41.0 Å². The summed E-state index contributed by atoms with van der Waals surface area (Å²) in [5.74, 6) is -1.21. The van der Waals surface area contributed by atoms with Crippen LogP contribution in [0.3, 0.4) is 0 Å². The summed E-state index contributed by atoms with van der Waals surface area (Å²) in [4.78, 5) is 22.7. The lowest BCUT2D eigenvalue weighted by molar-refractivity contribution is 0.0355. The van der Waals surface area contributed by atoms with Crippen LogP contribution >= 0.6 is 0 Å². The molecule has 1 amide bonds. The third-order valence-electron chi connectivity index (χ3n) is 3.14. The SMILES string of the molecule is CC1(C)CC(NC(=O)c2ccc(C(=O)O)cc2)CO1. The van der Waals surface area contributed by atoms with Gasteiger partial charge in [0.15, 0.2) is 0 Å². The molecule has 1 saturated heterocycles. The third kappa shape index (κ3) is 3.32. The number of ether oxygens (including phenoxy) is 1. The van der Waals surface area contributed by atoms with E-state index in [-0.39, 0.29) is 23.1 Å². The molecule has 2 N–H and O–H groups in total. The molecule has 1 fully saturated rings. The number of carbonyl (C=O) groups excluding carboxylic acids is 1. The minimum Gasteiger partial charge on any atom is -0.478 e. The Morgan fingerprint density at radius 3 is 2.32 bits per heavy atom. The first-order valence-corrected chi connectivity index (χ1v) is 6.15. The summed E-state index contributed by atoms with van der Waals surface area (Å²) in [5.41, 5.74) is 0.419. The Hall–Kier alpha value is -1.88. The van der Waals surface area contributed by atoms with Crippen LogP contribution in [0, 0.1) is 0 Å². The largest absolute Gasteiger partial charge is 0.478 e. The fourth-order valence-electron chi connectivity index (χ4n) is 2.16. The number of hydrogen-bond donors (Lipinski definition) is 2. The third-order valence-corrected chi connectivity index (χ3v) is 3.14. The number of rotatable bonds is 3. The maximum atomic E-state index is 12.0. The Balaban J connectivity index is 1.99. The molecule has 0 spiro atoms. The summed E-state index contributed by atoms with van der Waals surface area (Å²) < 4.78 is 5.55. The van der Waals surface area contributed by atoms with Crippen LogP contribution in [0.25, 0.3) is 0 Å². The second kappa shape index (κ2) is 5.01. The molecule has 0 radical (unpaired) electrons. The Morgan fingerprint density at radius 1 is 1.26 bits per heavy atom. The summed E-state index contributed by atoms with van der Waals surface area (Å²) in [5, 5.41) is 11.7. The minimum atomic E-state index is -1.00. The molecule has 2 rings (SSSR count). The van der Waals surface area contributed by atoms with Gasteiger partial charge >= 0.3 is 5.97 Å². The van der Waals surface area contributed by atoms with Crippen molar-refractivity contribution in [2.24, 2.45) is 0 Å². The van der Waals surface area contributed by atoms with Gasteiger partial charge in [-0.2, -0.15) is 0 Å². The minimum absolute atomic E-state index is 0.00153. The summed E-state index contributed by atoms with van der Waals surface area (Å²) >= 11 is 0. The average Bonchev–Trinajstić information content (AvgIpc) is 2.68. The van der Waals surface area contributed by atoms with Crippen molar-refractivity contribution in [2.75, 3.05) is 6.61 Å². The smallest absolute Gasteiger partial charge is 0.335 e. The van der Waals surface area contributed by atoms with Crippen LogP contribution < -0.4 is 5.32 Å². The quantitative estimate of drug-likeness (QED) is 0.870. The maximum Gasteiger partial charge on any atom is 0.335 e. The van der Waals surface area contributed by atoms with E-state index in [1.807, 2.05) is 13.8 Å². The fourth-order valence-corrected chi connectivity index (χ4v) is 2.16. The molecular formula is C14H17NO4. The van der Waals surface area contributed by atoms with Gasteiger partial charge in [-0.05, 0) is 44.5 Å². The first-order valence-electron chi connectivity index (χ1n) is 6.15. The topological polar surface area (TPSA) is 75.6 Å². The van der Waals surface area contributed by atoms with E-state index in [4.69, 9.17) is 9.84 Å². The van der Waals surface area contributed by atoms with Crippen LogP contribution in [0.5, 0.6) is 0 Å². The van der Waals surface area contributed by atoms with Crippen LogP contribution in [0.4, 0.5) is 0 Å². The van der Waals surface area contributed by atoms with E-state index in [0.717, 1.165) is 6.42 Å². The Kier molecular flexibility index (Phi) is 3.57. The summed E-state index contributed by atoms with van der Waals surface area (Å²) in [7, 11) is 0. The fraction of sp³-hybridized carbons (Fsp3) is 0.429. The highest BCUT2D eigenvalue weighted by Gasteiger charge is 2.32. The monoisotopic (exact) mass is 263 g/mol. The summed E-state index contributed by atoms with van der Waals surface area (Å²) in [6, 6.07) is 5.87. The number of amides is 1. The molecule has 1 heterocycles. The molecule has 1 unspecified atom stereocenters. The predicted octanol–water partition coefficient (Wildman–Crippen LogP) is 1.68. The Labute approximate surface area is 111 Å². The van der Waals surface area contributed by atoms with E-state index in [9.17, 15) is 9.59 Å². The van der Waals surface area contributed by atoms with Gasteiger partial charge in [0, 0.05) is 5.56 Å². The van der Waals surface area contributed by atoms with E-state index < -0.39 is 5.97 Å². The van der Waals surface area contributed by atoms with Crippen LogP contribution in [0.2, 0.25) is 0 Å². The Morgan fingerprint density at radius 2 is 1.84 bits per heavy atom. The average molecular weight is 263 g/mol. The van der Waals surface area contributed by atoms with Crippen molar-refractivity contribution in [3.63, 3.8) is 0 Å². The summed E-state index contributed by atoms with van der Waals surface area (Å²) in [6.45, 7) is 4.48. The number of hydrogen-bond acceptors (Lipinski definition) is 3. The molecule has 1 aromatic rings. The first-order chi connectivity index (χ1) is 8.87. The van der Waals surface area contributed by atoms with Gasteiger partial charge in [0.2, 0.25) is 0 Å². The van der Waals surface area contributed by atoms with E-state index >= 15 is 0 Å². The zero-order valence-corrected chi connectivity index (χ0v) is 11.0. The molecule has 0 aromatic heterocycles. The van der Waals surface area contributed by atoms with Crippen LogP contribution in [0.15, 0.2) is 24.3 Å². The molecule has 0 aliphatic carbocycles. The lowest BCUT2D eigenvalue weighted by atomic mass is 10.0. The zero-order chi connectivity index (χ0) is 14.0. The van der Waals surface area contributed by atoms with E-state index in [1.54, 1.807) is 0 Å². The van der Waals surface area contributed by atoms with Gasteiger partial charge < -0.3 is 15.2 Å². The van der Waals surface area contributed by atoms with Gasteiger partial charge in [-0.3, -0.25) is 4.79 Å². The lowest BCUT2D eigenvalue weighted by Gasteiger charge is -2.16. The van der Waals surface area contributed by atoms with Gasteiger partial charge in [0.1, 0.15) is 0 Å². The summed E-state index contributed by atoms with van der Waals surface area (Å²) in [6.07, 6.45) is 0.770. The first kappa shape index (κ1) is 13.5. The van der Waals surface area contributed by atoms with Crippen molar-refractivity contribution >= 4 is 11.9 Å². The number of carboxylic acids is 1. The molecule has 19 heavy (non-hydrogen) atoms. The maximum absolute atomic E-state index is 12.0. The highest BCUT2D eigenvalue weighted by molar-refractivity contribution is 5.96. The molecule has 0 saturated carbocycles. The van der Waals surface area contributed by atoms with Crippen molar-refractivity contribution in [1.82, 2.24) is 5.32 Å². The highest BCUT2D eigenvalue weighted by Crippen LogP contribution is 2.24. The van der Waals surface area contributed by atoms with Crippen molar-refractivity contribution in [1.29, 1.82) is 0 Å². The van der Waals surface area contributed by atoms with Gasteiger partial charge in [-0.1, -0.05) is 0 Å². The molecule has 102 valence electrons. The number of benzene rings is 1. The second-order valence-electron chi connectivity index (χ2n) is 5.33. The van der Waals surface area contributed by atoms with E-state index in [2.05, 4.69) is 5.32 Å². The number of carbonyl (C=O) groups is 2. The van der Waals surface area contributed by atoms with Gasteiger partial charge in [0.05, 0.1) is 23.8 Å². The van der Waals surface area contributed by atoms with Crippen molar-refractivity contribution in [3.8, 4) is 0 Å². The molecule has 5 heteroatoms. The standard InChI is InChI=1S/C14H17NO4/c1-14(2)7-11(8-19-14)15-12(16)9-3-5-10(6-4-9)13(17)18/h3-6,11H,7-8H2,1-2H3,(H,15,16)(H,17,18). The van der Waals surface area contributed by atoms with E-state index in [0.29, 0.717) is 12.2 Å². The van der Waals surface area contributed by atoms with Gasteiger partial charge in [-0.15, -0.1) is 0 Å². The van der Waals surface area contributed by atoms with Gasteiger partial charge in [-0.25, -0.2) is 4.79 Å². The van der Waals surface area contributed by atoms with Crippen LogP contribution in [-0.2, 0) is 4.74 Å². The molecular weight excluding hydrogens is 246 g/mol. The molecule has 0 bridgehead atoms. The number of nitrogens with one attached hydrogen (secondary N) is 1. The van der Waals surface area contributed by atoms with Crippen molar-refractivity contribution in [3.05, 3.63) is 35.4 Å². The van der Waals surface area contributed by atoms with E-state index in [1.165, 1.54) is 24.3 Å². The second-order valence-corrected chi connectivity index (χ2v) is 5.33. The molecule has 1 aliphatic heterocycles. The predicted molar refractivity (Wildman–Crippen MR) is 69.3 cm³/mol. The van der Waals surface area contributed by atoms with Crippen LogP contribution in [-0.4, -0.2) is 35.2 Å². The number of aromatic carboxylic acids is 1. The lowest BCUT2D eigenvalue weighted by Crippen LogP contribution is -2.35. The number of carboxylic acid groups (broad SMARTS) is 1. The zero-order valence-electron chi connectivity index (χ0n) is 11.0. The normalized spacial score (nSPS) is 21.1. The highest BCUT2D eigenvalue weighted by atomic mass is 16.5.